The molecule has 2 nitrogen and oxygen atoms in total. The van der Waals surface area contributed by atoms with E-state index in [1.165, 1.54) is 0 Å². The molecule has 1 heterocycles. The van der Waals surface area contributed by atoms with Crippen molar-refractivity contribution in [2.75, 3.05) is 5.33 Å². The summed E-state index contributed by atoms with van der Waals surface area (Å²) in [6.45, 7) is 1.58. The molecule has 0 radical (unpaired) electrons. The first kappa shape index (κ1) is 8.21. The van der Waals surface area contributed by atoms with Gasteiger partial charge in [0.05, 0.1) is 6.10 Å². The minimum absolute atomic E-state index is 0.123. The van der Waals surface area contributed by atoms with Crippen LogP contribution in [-0.2, 0) is 9.53 Å². The van der Waals surface area contributed by atoms with Crippen LogP contribution in [0.15, 0.2) is 0 Å². The smallest absolute Gasteiger partial charge is 0.158 e. The summed E-state index contributed by atoms with van der Waals surface area (Å²) in [5.41, 5.74) is 0. The standard InChI is InChI=1S/C7H11BrO2/c1-5(9)7-3-2-6(4-8)10-7/h6-7H,2-4H2,1H3/t6-,7?/m0/s1. The van der Waals surface area contributed by atoms with E-state index in [0.717, 1.165) is 18.2 Å². The van der Waals surface area contributed by atoms with E-state index >= 15 is 0 Å². The number of ether oxygens (including phenoxy) is 1. The molecule has 0 aliphatic carbocycles. The highest BCUT2D eigenvalue weighted by atomic mass is 79.9. The second-order valence-corrected chi connectivity index (χ2v) is 3.24. The fourth-order valence-electron chi connectivity index (χ4n) is 1.12. The molecule has 10 heavy (non-hydrogen) atoms. The molecular weight excluding hydrogens is 196 g/mol. The molecule has 0 spiro atoms. The quantitative estimate of drug-likeness (QED) is 0.641. The van der Waals surface area contributed by atoms with Gasteiger partial charge in [0.15, 0.2) is 5.78 Å². The van der Waals surface area contributed by atoms with Gasteiger partial charge in [-0.3, -0.25) is 4.79 Å². The maximum Gasteiger partial charge on any atom is 0.158 e. The van der Waals surface area contributed by atoms with Crippen LogP contribution in [0.5, 0.6) is 0 Å². The topological polar surface area (TPSA) is 26.3 Å². The molecule has 0 bridgehead atoms. The number of hydrogen-bond donors (Lipinski definition) is 0. The zero-order chi connectivity index (χ0) is 7.56. The molecule has 1 aliphatic rings. The number of carbonyl (C=O) groups is 1. The first-order valence-corrected chi connectivity index (χ1v) is 4.58. The van der Waals surface area contributed by atoms with Crippen molar-refractivity contribution in [3.63, 3.8) is 0 Å². The van der Waals surface area contributed by atoms with E-state index in [4.69, 9.17) is 4.74 Å². The van der Waals surface area contributed by atoms with E-state index in [-0.39, 0.29) is 18.0 Å². The van der Waals surface area contributed by atoms with Gasteiger partial charge in [-0.15, -0.1) is 0 Å². The number of hydrogen-bond acceptors (Lipinski definition) is 2. The summed E-state index contributed by atoms with van der Waals surface area (Å²) >= 11 is 3.32. The molecule has 0 aromatic carbocycles. The van der Waals surface area contributed by atoms with Crippen LogP contribution in [0.4, 0.5) is 0 Å². The maximum absolute atomic E-state index is 10.8. The molecule has 0 amide bonds. The zero-order valence-corrected chi connectivity index (χ0v) is 7.56. The first-order valence-electron chi connectivity index (χ1n) is 3.46. The number of Topliss-reactive ketones (excluding diaryl/α,β-unsaturated/α-hetero) is 1. The van der Waals surface area contributed by atoms with Crippen LogP contribution in [0, 0.1) is 0 Å². The fraction of sp³-hybridized carbons (Fsp3) is 0.857. The van der Waals surface area contributed by atoms with Gasteiger partial charge in [0.25, 0.3) is 0 Å². The van der Waals surface area contributed by atoms with Crippen molar-refractivity contribution in [2.24, 2.45) is 0 Å². The highest BCUT2D eigenvalue weighted by Crippen LogP contribution is 2.21. The molecule has 1 rings (SSSR count). The minimum Gasteiger partial charge on any atom is -0.366 e. The molecule has 3 heteroatoms. The Hall–Kier alpha value is 0.110. The van der Waals surface area contributed by atoms with E-state index < -0.39 is 0 Å². The summed E-state index contributed by atoms with van der Waals surface area (Å²) in [6.07, 6.45) is 2.04. The van der Waals surface area contributed by atoms with Crippen molar-refractivity contribution in [3.8, 4) is 0 Å². The Morgan fingerprint density at radius 1 is 1.70 bits per heavy atom. The number of alkyl halides is 1. The van der Waals surface area contributed by atoms with Crippen molar-refractivity contribution >= 4 is 21.7 Å². The van der Waals surface area contributed by atoms with Crippen LogP contribution in [0.2, 0.25) is 0 Å². The van der Waals surface area contributed by atoms with Gasteiger partial charge in [-0.05, 0) is 19.8 Å². The van der Waals surface area contributed by atoms with Gasteiger partial charge >= 0.3 is 0 Å². The predicted octanol–water partition coefficient (Wildman–Crippen LogP) is 1.52. The molecule has 0 aromatic rings. The normalized spacial score (nSPS) is 32.6. The number of carbonyl (C=O) groups excluding carboxylic acids is 1. The Morgan fingerprint density at radius 2 is 2.40 bits per heavy atom. The zero-order valence-electron chi connectivity index (χ0n) is 5.97. The van der Waals surface area contributed by atoms with Crippen LogP contribution in [0.3, 0.4) is 0 Å². The van der Waals surface area contributed by atoms with Gasteiger partial charge in [0.1, 0.15) is 6.10 Å². The van der Waals surface area contributed by atoms with Crippen molar-refractivity contribution in [2.45, 2.75) is 32.0 Å². The SMILES string of the molecule is CC(=O)C1CC[C@@H](CBr)O1. The highest BCUT2D eigenvalue weighted by Gasteiger charge is 2.26. The Bertz CT molecular complexity index is 136. The van der Waals surface area contributed by atoms with Crippen LogP contribution >= 0.6 is 15.9 Å². The first-order chi connectivity index (χ1) is 4.74. The van der Waals surface area contributed by atoms with Gasteiger partial charge in [0.2, 0.25) is 0 Å². The predicted molar refractivity (Wildman–Crippen MR) is 42.4 cm³/mol. The van der Waals surface area contributed by atoms with E-state index in [1.54, 1.807) is 6.92 Å². The maximum atomic E-state index is 10.8. The average molecular weight is 207 g/mol. The van der Waals surface area contributed by atoms with E-state index in [2.05, 4.69) is 15.9 Å². The highest BCUT2D eigenvalue weighted by molar-refractivity contribution is 9.09. The Morgan fingerprint density at radius 3 is 2.70 bits per heavy atom. The molecule has 58 valence electrons. The van der Waals surface area contributed by atoms with Gasteiger partial charge in [-0.25, -0.2) is 0 Å². The molecule has 0 aromatic heterocycles. The van der Waals surface area contributed by atoms with Crippen LogP contribution in [0.1, 0.15) is 19.8 Å². The van der Waals surface area contributed by atoms with Gasteiger partial charge in [-0.2, -0.15) is 0 Å². The molecule has 1 saturated heterocycles. The van der Waals surface area contributed by atoms with Crippen LogP contribution < -0.4 is 0 Å². The summed E-state index contributed by atoms with van der Waals surface area (Å²) in [5.74, 6) is 0.156. The summed E-state index contributed by atoms with van der Waals surface area (Å²) in [6, 6.07) is 0. The van der Waals surface area contributed by atoms with Crippen molar-refractivity contribution < 1.29 is 9.53 Å². The molecule has 1 fully saturated rings. The van der Waals surface area contributed by atoms with E-state index in [9.17, 15) is 4.79 Å². The third kappa shape index (κ3) is 1.80. The van der Waals surface area contributed by atoms with Crippen molar-refractivity contribution in [1.82, 2.24) is 0 Å². The molecule has 2 atom stereocenters. The lowest BCUT2D eigenvalue weighted by Gasteiger charge is -2.07. The number of rotatable bonds is 2. The second kappa shape index (κ2) is 3.49. The van der Waals surface area contributed by atoms with E-state index in [1.807, 2.05) is 0 Å². The largest absolute Gasteiger partial charge is 0.366 e. The van der Waals surface area contributed by atoms with E-state index in [0.29, 0.717) is 0 Å². The molecule has 0 saturated carbocycles. The lowest BCUT2D eigenvalue weighted by Crippen LogP contribution is -2.18. The monoisotopic (exact) mass is 206 g/mol. The number of halogens is 1. The Kier molecular flexibility index (Phi) is 2.86. The third-order valence-corrected chi connectivity index (χ3v) is 2.46. The van der Waals surface area contributed by atoms with Gasteiger partial charge in [0, 0.05) is 5.33 Å². The molecule has 1 unspecified atom stereocenters. The summed E-state index contributed by atoms with van der Waals surface area (Å²) in [4.78, 5) is 10.8. The van der Waals surface area contributed by atoms with Crippen LogP contribution in [-0.4, -0.2) is 23.3 Å². The van der Waals surface area contributed by atoms with Crippen molar-refractivity contribution in [3.05, 3.63) is 0 Å². The summed E-state index contributed by atoms with van der Waals surface area (Å²) in [7, 11) is 0. The van der Waals surface area contributed by atoms with Gasteiger partial charge < -0.3 is 4.74 Å². The number of ketones is 1. The lowest BCUT2D eigenvalue weighted by molar-refractivity contribution is -0.127. The minimum atomic E-state index is -0.123. The summed E-state index contributed by atoms with van der Waals surface area (Å²) in [5, 5.41) is 0.844. The second-order valence-electron chi connectivity index (χ2n) is 2.59. The van der Waals surface area contributed by atoms with Gasteiger partial charge in [-0.1, -0.05) is 15.9 Å². The lowest BCUT2D eigenvalue weighted by atomic mass is 10.1. The van der Waals surface area contributed by atoms with Crippen molar-refractivity contribution in [1.29, 1.82) is 0 Å². The average Bonchev–Trinajstić information content (AvgIpc) is 2.34. The Balaban J connectivity index is 2.35. The molecule has 1 aliphatic heterocycles. The Labute approximate surface area is 69.1 Å². The molecular formula is C7H11BrO2. The summed E-state index contributed by atoms with van der Waals surface area (Å²) < 4.78 is 5.38. The third-order valence-electron chi connectivity index (χ3n) is 1.73. The van der Waals surface area contributed by atoms with Crippen LogP contribution in [0.25, 0.3) is 0 Å². The fourth-order valence-corrected chi connectivity index (χ4v) is 1.59. The molecule has 0 N–H and O–H groups in total.